The molecule has 120 valence electrons. The maximum atomic E-state index is 12.4. The van der Waals surface area contributed by atoms with E-state index in [1.54, 1.807) is 30.3 Å². The van der Waals surface area contributed by atoms with E-state index in [1.165, 1.54) is 36.0 Å². The van der Waals surface area contributed by atoms with Crippen LogP contribution in [0.25, 0.3) is 0 Å². The number of phenolic OH excluding ortho intramolecular Hbond substituents is 1. The first-order valence-corrected chi connectivity index (χ1v) is 9.31. The molecule has 2 aromatic rings. The van der Waals surface area contributed by atoms with Gasteiger partial charge in [0.25, 0.3) is 10.0 Å². The topological polar surface area (TPSA) is 86.7 Å². The molecule has 1 aliphatic rings. The lowest BCUT2D eigenvalue weighted by Crippen LogP contribution is -2.44. The average Bonchev–Trinajstić information content (AvgIpc) is 2.90. The average molecular weight is 350 g/mol. The molecule has 6 nitrogen and oxygen atoms in total. The number of hydrogen-bond acceptors (Lipinski definition) is 5. The predicted octanol–water partition coefficient (Wildman–Crippen LogP) is 1.86. The second kappa shape index (κ2) is 6.23. The Hall–Kier alpha value is -2.03. The molecule has 8 heteroatoms. The second-order valence-corrected chi connectivity index (χ2v) is 7.66. The fourth-order valence-corrected chi connectivity index (χ4v) is 4.45. The molecule has 0 aliphatic carbocycles. The van der Waals surface area contributed by atoms with Crippen molar-refractivity contribution in [1.29, 1.82) is 0 Å². The number of sulfonamides is 1. The van der Waals surface area contributed by atoms with Crippen LogP contribution in [0.5, 0.6) is 5.75 Å². The number of nitrogens with one attached hydrogen (secondary N) is 1. The van der Waals surface area contributed by atoms with Crippen molar-refractivity contribution in [3.05, 3.63) is 60.2 Å². The van der Waals surface area contributed by atoms with Gasteiger partial charge >= 0.3 is 0 Å². The first-order chi connectivity index (χ1) is 11.0. The number of amides is 1. The van der Waals surface area contributed by atoms with Crippen LogP contribution in [0, 0.1) is 0 Å². The van der Waals surface area contributed by atoms with Crippen molar-refractivity contribution in [1.82, 2.24) is 9.84 Å². The van der Waals surface area contributed by atoms with Crippen LogP contribution >= 0.6 is 11.8 Å². The Bertz CT molecular complexity index is 807. The van der Waals surface area contributed by atoms with E-state index < -0.39 is 15.4 Å². The van der Waals surface area contributed by atoms with Crippen molar-refractivity contribution < 1.29 is 18.3 Å². The third-order valence-corrected chi connectivity index (χ3v) is 5.86. The van der Waals surface area contributed by atoms with Crippen LogP contribution in [-0.4, -0.2) is 30.2 Å². The van der Waals surface area contributed by atoms with Crippen LogP contribution in [0.2, 0.25) is 0 Å². The predicted molar refractivity (Wildman–Crippen MR) is 86.9 cm³/mol. The molecule has 2 N–H and O–H groups in total. The van der Waals surface area contributed by atoms with E-state index in [4.69, 9.17) is 0 Å². The Kier molecular flexibility index (Phi) is 4.29. The van der Waals surface area contributed by atoms with Crippen molar-refractivity contribution in [3.63, 3.8) is 0 Å². The van der Waals surface area contributed by atoms with E-state index in [0.717, 1.165) is 10.6 Å². The molecular weight excluding hydrogens is 336 g/mol. The summed E-state index contributed by atoms with van der Waals surface area (Å²) >= 11 is 1.32. The number of benzene rings is 2. The van der Waals surface area contributed by atoms with Gasteiger partial charge in [-0.15, -0.1) is 16.6 Å². The van der Waals surface area contributed by atoms with Gasteiger partial charge in [0.2, 0.25) is 5.91 Å². The minimum absolute atomic E-state index is 0.0918. The lowest BCUT2D eigenvalue weighted by atomic mass is 10.2. The van der Waals surface area contributed by atoms with Gasteiger partial charge in [-0.2, -0.15) is 0 Å². The molecule has 1 amide bonds. The Morgan fingerprint density at radius 3 is 2.39 bits per heavy atom. The molecule has 1 heterocycles. The number of hydrazine groups is 1. The lowest BCUT2D eigenvalue weighted by molar-refractivity contribution is -0.129. The number of hydrogen-bond donors (Lipinski definition) is 2. The molecular formula is C15H14N2O4S2. The summed E-state index contributed by atoms with van der Waals surface area (Å²) < 4.78 is 24.8. The molecule has 3 rings (SSSR count). The third-order valence-electron chi connectivity index (χ3n) is 3.32. The van der Waals surface area contributed by atoms with Crippen molar-refractivity contribution >= 4 is 27.7 Å². The Morgan fingerprint density at radius 2 is 1.74 bits per heavy atom. The van der Waals surface area contributed by atoms with Gasteiger partial charge in [0.1, 0.15) is 11.1 Å². The number of rotatable bonds is 4. The van der Waals surface area contributed by atoms with Gasteiger partial charge in [0.15, 0.2) is 0 Å². The summed E-state index contributed by atoms with van der Waals surface area (Å²) in [5, 5.41) is 10.0. The highest BCUT2D eigenvalue weighted by Gasteiger charge is 2.36. The maximum Gasteiger partial charge on any atom is 0.257 e. The molecule has 0 spiro atoms. The summed E-state index contributed by atoms with van der Waals surface area (Å²) in [7, 11) is -3.83. The van der Waals surface area contributed by atoms with Gasteiger partial charge in [0, 0.05) is 0 Å². The summed E-state index contributed by atoms with van der Waals surface area (Å²) in [4.78, 5) is 14.5. The summed E-state index contributed by atoms with van der Waals surface area (Å²) in [5.41, 5.74) is 0.731. The molecule has 1 saturated heterocycles. The number of carbonyl (C=O) groups is 1. The Balaban J connectivity index is 1.87. The van der Waals surface area contributed by atoms with Gasteiger partial charge in [0.05, 0.1) is 10.6 Å². The van der Waals surface area contributed by atoms with E-state index in [0.29, 0.717) is 0 Å². The normalized spacial score (nSPS) is 18.3. The zero-order valence-electron chi connectivity index (χ0n) is 11.9. The molecule has 0 aromatic heterocycles. The van der Waals surface area contributed by atoms with Crippen LogP contribution in [-0.2, 0) is 14.8 Å². The molecule has 1 aliphatic heterocycles. The Morgan fingerprint density at radius 1 is 1.09 bits per heavy atom. The van der Waals surface area contributed by atoms with Crippen molar-refractivity contribution in [2.75, 3.05) is 5.75 Å². The minimum atomic E-state index is -3.83. The fraction of sp³-hybridized carbons (Fsp3) is 0.133. The van der Waals surface area contributed by atoms with Crippen molar-refractivity contribution in [3.8, 4) is 5.75 Å². The maximum absolute atomic E-state index is 12.4. The van der Waals surface area contributed by atoms with Gasteiger partial charge in [-0.25, -0.2) is 13.4 Å². The standard InChI is InChI=1S/C15H14N2O4S2/c18-12-8-6-11(7-9-12)15-17(14(19)10-22-15)16-23(20,21)13-4-2-1-3-5-13/h1-9,15-16,18H,10H2. The largest absolute Gasteiger partial charge is 0.508 e. The first kappa shape index (κ1) is 15.9. The van der Waals surface area contributed by atoms with Crippen LogP contribution in [0.1, 0.15) is 10.9 Å². The van der Waals surface area contributed by atoms with E-state index in [2.05, 4.69) is 4.83 Å². The highest BCUT2D eigenvalue weighted by molar-refractivity contribution is 8.00. The zero-order chi connectivity index (χ0) is 16.4. The summed E-state index contributed by atoms with van der Waals surface area (Å²) in [6.07, 6.45) is 0. The molecule has 1 unspecified atom stereocenters. The number of carbonyl (C=O) groups excluding carboxylic acids is 1. The molecule has 0 radical (unpaired) electrons. The minimum Gasteiger partial charge on any atom is -0.508 e. The second-order valence-electron chi connectivity index (χ2n) is 4.93. The van der Waals surface area contributed by atoms with Gasteiger partial charge in [-0.3, -0.25) is 4.79 Å². The van der Waals surface area contributed by atoms with E-state index in [-0.39, 0.29) is 22.3 Å². The molecule has 1 atom stereocenters. The molecule has 0 bridgehead atoms. The quantitative estimate of drug-likeness (QED) is 0.879. The van der Waals surface area contributed by atoms with Crippen LogP contribution in [0.4, 0.5) is 0 Å². The first-order valence-electron chi connectivity index (χ1n) is 6.77. The monoisotopic (exact) mass is 350 g/mol. The van der Waals surface area contributed by atoms with Gasteiger partial charge in [-0.1, -0.05) is 30.3 Å². The van der Waals surface area contributed by atoms with Crippen LogP contribution in [0.3, 0.4) is 0 Å². The van der Waals surface area contributed by atoms with Crippen LogP contribution in [0.15, 0.2) is 59.5 Å². The highest BCUT2D eigenvalue weighted by Crippen LogP contribution is 2.38. The summed E-state index contributed by atoms with van der Waals surface area (Å²) in [6, 6.07) is 14.2. The zero-order valence-corrected chi connectivity index (χ0v) is 13.5. The van der Waals surface area contributed by atoms with Crippen LogP contribution < -0.4 is 4.83 Å². The van der Waals surface area contributed by atoms with Crippen molar-refractivity contribution in [2.45, 2.75) is 10.3 Å². The van der Waals surface area contributed by atoms with E-state index >= 15 is 0 Å². The fourth-order valence-electron chi connectivity index (χ4n) is 2.19. The summed E-state index contributed by atoms with van der Waals surface area (Å²) in [5.74, 6) is -0.0184. The van der Waals surface area contributed by atoms with Crippen molar-refractivity contribution in [2.24, 2.45) is 0 Å². The number of phenols is 1. The number of thioether (sulfide) groups is 1. The smallest absolute Gasteiger partial charge is 0.257 e. The molecule has 1 fully saturated rings. The van der Waals surface area contributed by atoms with Gasteiger partial charge < -0.3 is 5.11 Å². The molecule has 23 heavy (non-hydrogen) atoms. The highest BCUT2D eigenvalue weighted by atomic mass is 32.2. The van der Waals surface area contributed by atoms with Gasteiger partial charge in [-0.05, 0) is 29.8 Å². The van der Waals surface area contributed by atoms with E-state index in [9.17, 15) is 18.3 Å². The number of aromatic hydroxyl groups is 1. The SMILES string of the molecule is O=C1CSC(c2ccc(O)cc2)N1NS(=O)(=O)c1ccccc1. The molecule has 2 aromatic carbocycles. The van der Waals surface area contributed by atoms with E-state index in [1.807, 2.05) is 0 Å². The third kappa shape index (κ3) is 3.34. The molecule has 0 saturated carbocycles. The number of nitrogens with zero attached hydrogens (tertiary/aromatic N) is 1. The summed E-state index contributed by atoms with van der Waals surface area (Å²) in [6.45, 7) is 0. The Labute approximate surface area is 138 Å². The lowest BCUT2D eigenvalue weighted by Gasteiger charge is -2.24.